The summed E-state index contributed by atoms with van der Waals surface area (Å²) in [6.45, 7) is 0.411. The number of carboxylic acids is 1. The molecule has 0 bridgehead atoms. The van der Waals surface area contributed by atoms with Gasteiger partial charge in [0.25, 0.3) is 0 Å². The Kier molecular flexibility index (Phi) is 9.56. The molecular weight excluding hydrogens is 462 g/mol. The van der Waals surface area contributed by atoms with Gasteiger partial charge < -0.3 is 15.2 Å². The molecule has 1 aromatic carbocycles. The van der Waals surface area contributed by atoms with Crippen molar-refractivity contribution in [3.63, 3.8) is 0 Å². The molecule has 10 heteroatoms. The number of hydrogen-bond acceptors (Lipinski definition) is 5. The van der Waals surface area contributed by atoms with E-state index in [0.717, 1.165) is 37.7 Å². The summed E-state index contributed by atoms with van der Waals surface area (Å²) in [5.74, 6) is -1.82. The largest absolute Gasteiger partial charge is 0.481 e. The molecule has 0 radical (unpaired) electrons. The molecule has 0 spiro atoms. The van der Waals surface area contributed by atoms with Crippen LogP contribution in [0, 0.1) is 11.8 Å². The number of amides is 3. The van der Waals surface area contributed by atoms with E-state index in [0.29, 0.717) is 18.0 Å². The molecule has 3 rings (SSSR count). The number of benzene rings is 1. The molecule has 3 amide bonds. The predicted molar refractivity (Wildman–Crippen MR) is 125 cm³/mol. The van der Waals surface area contributed by atoms with Gasteiger partial charge in [-0.05, 0) is 49.3 Å². The van der Waals surface area contributed by atoms with Gasteiger partial charge in [0.05, 0.1) is 0 Å². The summed E-state index contributed by atoms with van der Waals surface area (Å²) >= 11 is 5.97. The number of carbonyl (C=O) groups excluding carboxylic acids is 3. The number of aliphatic carboxylic acids is 1. The van der Waals surface area contributed by atoms with Gasteiger partial charge in [-0.2, -0.15) is 0 Å². The molecule has 2 fully saturated rings. The molecule has 1 aliphatic heterocycles. The highest BCUT2D eigenvalue weighted by molar-refractivity contribution is 6.30. The zero-order valence-electron chi connectivity index (χ0n) is 19.1. The van der Waals surface area contributed by atoms with Crippen LogP contribution in [-0.4, -0.2) is 46.6 Å². The highest BCUT2D eigenvalue weighted by Crippen LogP contribution is 2.28. The lowest BCUT2D eigenvalue weighted by atomic mass is 9.82. The summed E-state index contributed by atoms with van der Waals surface area (Å²) in [7, 11) is 0. The van der Waals surface area contributed by atoms with E-state index in [1.807, 2.05) is 6.07 Å². The van der Waals surface area contributed by atoms with Crippen molar-refractivity contribution >= 4 is 35.5 Å². The van der Waals surface area contributed by atoms with Gasteiger partial charge in [0.1, 0.15) is 6.61 Å². The van der Waals surface area contributed by atoms with Crippen molar-refractivity contribution < 1.29 is 29.0 Å². The lowest BCUT2D eigenvalue weighted by Gasteiger charge is -2.31. The average molecular weight is 494 g/mol. The van der Waals surface area contributed by atoms with Gasteiger partial charge in [0.15, 0.2) is 0 Å². The van der Waals surface area contributed by atoms with Gasteiger partial charge in [-0.25, -0.2) is 4.79 Å². The van der Waals surface area contributed by atoms with Gasteiger partial charge in [-0.15, -0.1) is 0 Å². The Morgan fingerprint density at radius 3 is 2.65 bits per heavy atom. The van der Waals surface area contributed by atoms with E-state index in [2.05, 4.69) is 10.7 Å². The Bertz CT molecular complexity index is 889. The summed E-state index contributed by atoms with van der Waals surface area (Å²) in [6, 6.07) is 6.63. The second-order valence-corrected chi connectivity index (χ2v) is 9.44. The van der Waals surface area contributed by atoms with Crippen LogP contribution in [0.2, 0.25) is 5.02 Å². The number of halogens is 1. The Morgan fingerprint density at radius 1 is 1.18 bits per heavy atom. The number of carbonyl (C=O) groups is 4. The van der Waals surface area contributed by atoms with Gasteiger partial charge in [0.2, 0.25) is 11.8 Å². The second-order valence-electron chi connectivity index (χ2n) is 9.00. The molecule has 9 nitrogen and oxygen atoms in total. The fraction of sp³-hybridized carbons (Fsp3) is 0.583. The topological polar surface area (TPSA) is 125 Å². The maximum Gasteiger partial charge on any atom is 0.407 e. The fourth-order valence-electron chi connectivity index (χ4n) is 4.65. The van der Waals surface area contributed by atoms with E-state index in [1.54, 1.807) is 18.2 Å². The summed E-state index contributed by atoms with van der Waals surface area (Å²) in [5, 5.41) is 13.5. The van der Waals surface area contributed by atoms with E-state index in [4.69, 9.17) is 21.4 Å². The van der Waals surface area contributed by atoms with Gasteiger partial charge in [0, 0.05) is 36.4 Å². The lowest BCUT2D eigenvalue weighted by Crippen LogP contribution is -2.49. The minimum absolute atomic E-state index is 0.0283. The number of hydrazine groups is 1. The number of alkyl carbamates (subject to hydrolysis) is 1. The molecule has 0 aromatic heterocycles. The smallest absolute Gasteiger partial charge is 0.407 e. The Hall–Kier alpha value is -2.81. The third-order valence-electron chi connectivity index (χ3n) is 6.47. The summed E-state index contributed by atoms with van der Waals surface area (Å²) in [5.41, 5.74) is 3.41. The summed E-state index contributed by atoms with van der Waals surface area (Å²) in [4.78, 5) is 48.5. The molecule has 1 aromatic rings. The molecule has 1 aliphatic carbocycles. The number of ether oxygens (including phenoxy) is 1. The first-order valence-corrected chi connectivity index (χ1v) is 12.2. The maximum absolute atomic E-state index is 12.8. The van der Waals surface area contributed by atoms with Crippen molar-refractivity contribution in [1.82, 2.24) is 15.8 Å². The van der Waals surface area contributed by atoms with Crippen LogP contribution in [0.15, 0.2) is 24.3 Å². The first-order chi connectivity index (χ1) is 16.3. The van der Waals surface area contributed by atoms with Gasteiger partial charge >= 0.3 is 12.1 Å². The van der Waals surface area contributed by atoms with E-state index in [9.17, 15) is 19.2 Å². The van der Waals surface area contributed by atoms with E-state index >= 15 is 0 Å². The van der Waals surface area contributed by atoms with E-state index in [1.165, 1.54) is 5.01 Å². The van der Waals surface area contributed by atoms with Crippen LogP contribution in [0.5, 0.6) is 0 Å². The first kappa shape index (κ1) is 25.8. The number of nitrogens with one attached hydrogen (secondary N) is 2. The van der Waals surface area contributed by atoms with Crippen molar-refractivity contribution in [1.29, 1.82) is 0 Å². The fourth-order valence-corrected chi connectivity index (χ4v) is 4.87. The van der Waals surface area contributed by atoms with Crippen LogP contribution in [0.4, 0.5) is 4.79 Å². The number of nitrogens with zero attached hydrogens (tertiary/aromatic N) is 1. The monoisotopic (exact) mass is 493 g/mol. The maximum atomic E-state index is 12.8. The molecule has 2 aliphatic rings. The number of carboxylic acid groups (broad SMARTS) is 1. The molecule has 1 saturated carbocycles. The van der Waals surface area contributed by atoms with Crippen LogP contribution in [0.3, 0.4) is 0 Å². The summed E-state index contributed by atoms with van der Waals surface area (Å²) in [6.07, 6.45) is 5.14. The highest BCUT2D eigenvalue weighted by atomic mass is 35.5. The van der Waals surface area contributed by atoms with Crippen LogP contribution in [-0.2, 0) is 25.7 Å². The number of rotatable bonds is 10. The van der Waals surface area contributed by atoms with Crippen molar-refractivity contribution in [2.75, 3.05) is 6.54 Å². The van der Waals surface area contributed by atoms with Crippen molar-refractivity contribution in [2.45, 2.75) is 70.4 Å². The Morgan fingerprint density at radius 2 is 1.94 bits per heavy atom. The molecule has 1 heterocycles. The van der Waals surface area contributed by atoms with E-state index < -0.39 is 24.0 Å². The van der Waals surface area contributed by atoms with E-state index in [-0.39, 0.29) is 43.6 Å². The quantitative estimate of drug-likeness (QED) is 0.457. The molecule has 3 N–H and O–H groups in total. The van der Waals surface area contributed by atoms with Crippen molar-refractivity contribution in [3.8, 4) is 0 Å². The Balaban J connectivity index is 1.53. The SMILES string of the molecule is O=C(O)CC[C@H]1CCN(NC(=O)C[C@H](NC(=O)OCc2cccc(Cl)c2)C2CCCCC2)C1=O. The first-order valence-electron chi connectivity index (χ1n) is 11.8. The van der Waals surface area contributed by atoms with Crippen molar-refractivity contribution in [2.24, 2.45) is 11.8 Å². The molecule has 1 saturated heterocycles. The van der Waals surface area contributed by atoms with Gasteiger partial charge in [-0.1, -0.05) is 43.0 Å². The highest BCUT2D eigenvalue weighted by Gasteiger charge is 2.34. The molecular formula is C24H32ClN3O6. The predicted octanol–water partition coefficient (Wildman–Crippen LogP) is 3.65. The lowest BCUT2D eigenvalue weighted by molar-refractivity contribution is -0.141. The molecule has 34 heavy (non-hydrogen) atoms. The van der Waals surface area contributed by atoms with Crippen molar-refractivity contribution in [3.05, 3.63) is 34.9 Å². The van der Waals surface area contributed by atoms with Crippen LogP contribution < -0.4 is 10.7 Å². The second kappa shape index (κ2) is 12.6. The minimum Gasteiger partial charge on any atom is -0.481 e. The standard InChI is InChI=1S/C24H32ClN3O6/c25-19-8-4-5-16(13-19)15-34-24(33)26-20(17-6-2-1-3-7-17)14-21(29)27-28-12-11-18(23(28)32)9-10-22(30)31/h4-5,8,13,17-18,20H,1-3,6-7,9-12,14-15H2,(H,26,33)(H,27,29)(H,30,31)/t18-,20-/m0/s1. The minimum atomic E-state index is -0.945. The molecule has 0 unspecified atom stereocenters. The zero-order chi connectivity index (χ0) is 24.5. The van der Waals surface area contributed by atoms with Crippen LogP contribution >= 0.6 is 11.6 Å². The molecule has 2 atom stereocenters. The van der Waals surface area contributed by atoms with Gasteiger partial charge in [-0.3, -0.25) is 24.8 Å². The van der Waals surface area contributed by atoms with Crippen LogP contribution in [0.25, 0.3) is 0 Å². The van der Waals surface area contributed by atoms with Crippen LogP contribution in [0.1, 0.15) is 63.4 Å². The third kappa shape index (κ3) is 7.90. The number of hydrogen-bond donors (Lipinski definition) is 3. The average Bonchev–Trinajstić information content (AvgIpc) is 3.15. The third-order valence-corrected chi connectivity index (χ3v) is 6.70. The normalized spacial score (nSPS) is 19.5. The molecule has 186 valence electrons. The summed E-state index contributed by atoms with van der Waals surface area (Å²) < 4.78 is 5.34. The zero-order valence-corrected chi connectivity index (χ0v) is 19.9. The Labute approximate surface area is 204 Å².